The zero-order valence-electron chi connectivity index (χ0n) is 11.7. The molecule has 0 radical (unpaired) electrons. The van der Waals surface area contributed by atoms with E-state index in [1.807, 2.05) is 60.7 Å². The first-order valence-corrected chi connectivity index (χ1v) is 8.18. The average molecular weight is 328 g/mol. The number of hydrogen-bond acceptors (Lipinski definition) is 4. The van der Waals surface area contributed by atoms with Gasteiger partial charge < -0.3 is 5.32 Å². The van der Waals surface area contributed by atoms with Gasteiger partial charge in [-0.25, -0.2) is 9.97 Å². The Labute approximate surface area is 138 Å². The van der Waals surface area contributed by atoms with Crippen LogP contribution in [0.15, 0.2) is 72.0 Å². The molecule has 0 bridgehead atoms. The monoisotopic (exact) mass is 327 g/mol. The molecule has 110 valence electrons. The molecule has 0 atom stereocenters. The lowest BCUT2D eigenvalue weighted by molar-refractivity contribution is 0.971. The molecule has 0 unspecified atom stereocenters. The highest BCUT2D eigenvalue weighted by Crippen LogP contribution is 2.22. The first-order chi connectivity index (χ1) is 10.8. The second kappa shape index (κ2) is 7.29. The second-order valence-electron chi connectivity index (χ2n) is 4.63. The summed E-state index contributed by atoms with van der Waals surface area (Å²) in [6.45, 7) is 0. The van der Waals surface area contributed by atoms with Crippen molar-refractivity contribution in [3.05, 3.63) is 77.4 Å². The maximum atomic E-state index is 5.99. The number of thioether (sulfide) groups is 1. The van der Waals surface area contributed by atoms with E-state index in [4.69, 9.17) is 11.6 Å². The predicted octanol–water partition coefficient (Wildman–Crippen LogP) is 5.17. The highest BCUT2D eigenvalue weighted by Gasteiger charge is 2.02. The van der Waals surface area contributed by atoms with Crippen LogP contribution in [-0.2, 0) is 5.75 Å². The Morgan fingerprint density at radius 3 is 2.68 bits per heavy atom. The van der Waals surface area contributed by atoms with Crippen molar-refractivity contribution in [3.8, 4) is 0 Å². The van der Waals surface area contributed by atoms with Gasteiger partial charge in [0.25, 0.3) is 0 Å². The lowest BCUT2D eigenvalue weighted by Gasteiger charge is -2.06. The molecule has 1 aromatic heterocycles. The van der Waals surface area contributed by atoms with E-state index in [-0.39, 0.29) is 0 Å². The lowest BCUT2D eigenvalue weighted by Crippen LogP contribution is -1.96. The Morgan fingerprint density at radius 1 is 1.00 bits per heavy atom. The highest BCUT2D eigenvalue weighted by atomic mass is 35.5. The van der Waals surface area contributed by atoms with Crippen LogP contribution in [0.3, 0.4) is 0 Å². The topological polar surface area (TPSA) is 37.8 Å². The number of halogens is 1. The van der Waals surface area contributed by atoms with E-state index in [1.54, 1.807) is 18.0 Å². The summed E-state index contributed by atoms with van der Waals surface area (Å²) < 4.78 is 0. The van der Waals surface area contributed by atoms with Gasteiger partial charge in [0.2, 0.25) is 0 Å². The highest BCUT2D eigenvalue weighted by molar-refractivity contribution is 7.98. The SMILES string of the molecule is Clc1cccc(CSc2nccc(Nc3ccccc3)n2)c1. The lowest BCUT2D eigenvalue weighted by atomic mass is 10.2. The number of para-hydroxylation sites is 1. The predicted molar refractivity (Wildman–Crippen MR) is 92.8 cm³/mol. The molecule has 1 N–H and O–H groups in total. The molecule has 0 aliphatic rings. The van der Waals surface area contributed by atoms with Gasteiger partial charge in [-0.2, -0.15) is 0 Å². The molecule has 3 aromatic rings. The first-order valence-electron chi connectivity index (χ1n) is 6.82. The molecule has 3 rings (SSSR count). The van der Waals surface area contributed by atoms with E-state index in [2.05, 4.69) is 15.3 Å². The summed E-state index contributed by atoms with van der Waals surface area (Å²) in [7, 11) is 0. The Kier molecular flexibility index (Phi) is 4.93. The van der Waals surface area contributed by atoms with Crippen LogP contribution in [0.4, 0.5) is 11.5 Å². The molecule has 0 aliphatic carbocycles. The van der Waals surface area contributed by atoms with Crippen molar-refractivity contribution in [2.45, 2.75) is 10.9 Å². The van der Waals surface area contributed by atoms with Crippen molar-refractivity contribution in [1.82, 2.24) is 9.97 Å². The van der Waals surface area contributed by atoms with Crippen LogP contribution in [0.25, 0.3) is 0 Å². The number of hydrogen-bond donors (Lipinski definition) is 1. The minimum atomic E-state index is 0.737. The van der Waals surface area contributed by atoms with Gasteiger partial charge in [-0.1, -0.05) is 53.7 Å². The molecule has 5 heteroatoms. The number of aromatic nitrogens is 2. The van der Waals surface area contributed by atoms with Gasteiger partial charge in [0.15, 0.2) is 5.16 Å². The van der Waals surface area contributed by atoms with Crippen molar-refractivity contribution in [2.24, 2.45) is 0 Å². The Hall–Kier alpha value is -2.04. The zero-order valence-corrected chi connectivity index (χ0v) is 13.3. The molecule has 0 aliphatic heterocycles. The average Bonchev–Trinajstić information content (AvgIpc) is 2.54. The standard InChI is InChI=1S/C17H14ClN3S/c18-14-6-4-5-13(11-14)12-22-17-19-10-9-16(21-17)20-15-7-2-1-3-8-15/h1-11H,12H2,(H,19,20,21). The van der Waals surface area contributed by atoms with Crippen LogP contribution >= 0.6 is 23.4 Å². The molecule has 0 spiro atoms. The molecule has 1 heterocycles. The molecular formula is C17H14ClN3S. The summed E-state index contributed by atoms with van der Waals surface area (Å²) in [4.78, 5) is 8.81. The molecule has 22 heavy (non-hydrogen) atoms. The number of nitrogens with one attached hydrogen (secondary N) is 1. The quantitative estimate of drug-likeness (QED) is 0.518. The maximum absolute atomic E-state index is 5.99. The fraction of sp³-hybridized carbons (Fsp3) is 0.0588. The van der Waals surface area contributed by atoms with Crippen molar-refractivity contribution >= 4 is 34.9 Å². The summed E-state index contributed by atoms with van der Waals surface area (Å²) in [5.74, 6) is 1.57. The van der Waals surface area contributed by atoms with Crippen molar-refractivity contribution in [3.63, 3.8) is 0 Å². The van der Waals surface area contributed by atoms with E-state index < -0.39 is 0 Å². The largest absolute Gasteiger partial charge is 0.340 e. The summed E-state index contributed by atoms with van der Waals surface area (Å²) in [6, 6.07) is 19.6. The van der Waals surface area contributed by atoms with Gasteiger partial charge in [0, 0.05) is 22.7 Å². The fourth-order valence-electron chi connectivity index (χ4n) is 1.92. The van der Waals surface area contributed by atoms with Crippen LogP contribution in [0, 0.1) is 0 Å². The van der Waals surface area contributed by atoms with E-state index in [0.29, 0.717) is 0 Å². The maximum Gasteiger partial charge on any atom is 0.189 e. The molecule has 3 nitrogen and oxygen atoms in total. The van der Waals surface area contributed by atoms with Crippen molar-refractivity contribution in [2.75, 3.05) is 5.32 Å². The second-order valence-corrected chi connectivity index (χ2v) is 6.01. The molecule has 0 saturated carbocycles. The van der Waals surface area contributed by atoms with Crippen LogP contribution in [-0.4, -0.2) is 9.97 Å². The summed E-state index contributed by atoms with van der Waals surface area (Å²) in [5, 5.41) is 4.75. The van der Waals surface area contributed by atoms with Gasteiger partial charge in [0.1, 0.15) is 5.82 Å². The minimum Gasteiger partial charge on any atom is -0.340 e. The minimum absolute atomic E-state index is 0.737. The fourth-order valence-corrected chi connectivity index (χ4v) is 2.91. The van der Waals surface area contributed by atoms with Gasteiger partial charge >= 0.3 is 0 Å². The molecular weight excluding hydrogens is 314 g/mol. The van der Waals surface area contributed by atoms with E-state index >= 15 is 0 Å². The van der Waals surface area contributed by atoms with Gasteiger partial charge in [-0.3, -0.25) is 0 Å². The third-order valence-electron chi connectivity index (χ3n) is 2.94. The first kappa shape index (κ1) is 14.9. The smallest absolute Gasteiger partial charge is 0.189 e. The number of benzene rings is 2. The van der Waals surface area contributed by atoms with Gasteiger partial charge in [0.05, 0.1) is 0 Å². The van der Waals surface area contributed by atoms with Crippen LogP contribution < -0.4 is 5.32 Å². The Balaban J connectivity index is 1.66. The summed E-state index contributed by atoms with van der Waals surface area (Å²) in [5.41, 5.74) is 2.16. The Bertz CT molecular complexity index is 750. The van der Waals surface area contributed by atoms with E-state index in [1.165, 1.54) is 0 Å². The number of anilines is 2. The van der Waals surface area contributed by atoms with Crippen molar-refractivity contribution in [1.29, 1.82) is 0 Å². The molecule has 0 saturated heterocycles. The van der Waals surface area contributed by atoms with E-state index in [9.17, 15) is 0 Å². The van der Waals surface area contributed by atoms with Crippen molar-refractivity contribution < 1.29 is 0 Å². The van der Waals surface area contributed by atoms with Gasteiger partial charge in [-0.15, -0.1) is 0 Å². The summed E-state index contributed by atoms with van der Waals surface area (Å²) >= 11 is 7.58. The van der Waals surface area contributed by atoms with Crippen LogP contribution in [0.5, 0.6) is 0 Å². The number of rotatable bonds is 5. The Morgan fingerprint density at radius 2 is 1.86 bits per heavy atom. The van der Waals surface area contributed by atoms with Crippen LogP contribution in [0.1, 0.15) is 5.56 Å². The number of nitrogens with zero attached hydrogens (tertiary/aromatic N) is 2. The van der Waals surface area contributed by atoms with Crippen LogP contribution in [0.2, 0.25) is 5.02 Å². The molecule has 0 fully saturated rings. The zero-order chi connectivity index (χ0) is 15.2. The van der Waals surface area contributed by atoms with E-state index in [0.717, 1.165) is 33.0 Å². The normalized spacial score (nSPS) is 10.4. The molecule has 0 amide bonds. The molecule has 2 aromatic carbocycles. The third kappa shape index (κ3) is 4.23. The van der Waals surface area contributed by atoms with Gasteiger partial charge in [-0.05, 0) is 35.9 Å². The summed E-state index contributed by atoms with van der Waals surface area (Å²) in [6.07, 6.45) is 1.76. The third-order valence-corrected chi connectivity index (χ3v) is 4.10.